The summed E-state index contributed by atoms with van der Waals surface area (Å²) in [4.78, 5) is 15.3. The first-order chi connectivity index (χ1) is 25.2. The molecule has 0 radical (unpaired) electrons. The Morgan fingerprint density at radius 2 is 0.863 bits per heavy atom. The molecular weight excluding hydrogens is 621 g/mol. The van der Waals surface area contributed by atoms with Gasteiger partial charge in [-0.3, -0.25) is 0 Å². The lowest BCUT2D eigenvalue weighted by molar-refractivity contribution is 0.768. The normalized spacial score (nSPS) is 12.5. The highest BCUT2D eigenvalue weighted by molar-refractivity contribution is 5.88. The maximum absolute atomic E-state index is 9.81. The number of rotatable bonds is 6. The molecule has 7 aromatic carbocycles. The average Bonchev–Trinajstić information content (AvgIpc) is 3.52. The molecule has 1 aliphatic carbocycles. The summed E-state index contributed by atoms with van der Waals surface area (Å²) in [5.41, 5.74) is 11.8. The smallest absolute Gasteiger partial charge is 0.164 e. The van der Waals surface area contributed by atoms with Crippen molar-refractivity contribution in [2.24, 2.45) is 0 Å². The molecule has 0 atom stereocenters. The van der Waals surface area contributed by atoms with Crippen molar-refractivity contribution < 1.29 is 0 Å². The van der Waals surface area contributed by atoms with Crippen molar-refractivity contribution >= 4 is 0 Å². The first-order valence-corrected chi connectivity index (χ1v) is 17.0. The van der Waals surface area contributed by atoms with Gasteiger partial charge in [-0.25, -0.2) is 15.0 Å². The summed E-state index contributed by atoms with van der Waals surface area (Å²) in [5.74, 6) is 1.76. The molecule has 0 saturated heterocycles. The van der Waals surface area contributed by atoms with Gasteiger partial charge in [-0.1, -0.05) is 164 Å². The zero-order valence-corrected chi connectivity index (χ0v) is 27.6. The van der Waals surface area contributed by atoms with Gasteiger partial charge in [-0.2, -0.15) is 5.26 Å². The molecule has 0 N–H and O–H groups in total. The third-order valence-electron chi connectivity index (χ3n) is 9.86. The number of aromatic nitrogens is 3. The van der Waals surface area contributed by atoms with E-state index in [-0.39, 0.29) is 0 Å². The van der Waals surface area contributed by atoms with Gasteiger partial charge in [0.1, 0.15) is 0 Å². The number of nitriles is 1. The third-order valence-corrected chi connectivity index (χ3v) is 9.86. The Labute approximate surface area is 297 Å². The van der Waals surface area contributed by atoms with Crippen molar-refractivity contribution in [3.63, 3.8) is 0 Å². The maximum Gasteiger partial charge on any atom is 0.164 e. The molecule has 0 amide bonds. The summed E-state index contributed by atoms with van der Waals surface area (Å²) in [6.45, 7) is 0. The second kappa shape index (κ2) is 12.5. The lowest BCUT2D eigenvalue weighted by Gasteiger charge is -2.34. The van der Waals surface area contributed by atoms with Crippen LogP contribution < -0.4 is 0 Å². The van der Waals surface area contributed by atoms with Gasteiger partial charge in [0, 0.05) is 16.7 Å². The van der Waals surface area contributed by atoms with Crippen LogP contribution in [0.25, 0.3) is 56.4 Å². The number of hydrogen-bond acceptors (Lipinski definition) is 4. The molecule has 4 nitrogen and oxygen atoms in total. The highest BCUT2D eigenvalue weighted by atomic mass is 15.0. The topological polar surface area (TPSA) is 62.5 Å². The molecule has 0 fully saturated rings. The largest absolute Gasteiger partial charge is 0.208 e. The summed E-state index contributed by atoms with van der Waals surface area (Å²) in [5, 5.41) is 9.81. The van der Waals surface area contributed by atoms with Gasteiger partial charge in [-0.05, 0) is 62.7 Å². The van der Waals surface area contributed by atoms with Crippen molar-refractivity contribution in [2.75, 3.05) is 0 Å². The highest BCUT2D eigenvalue weighted by Gasteiger charge is 2.46. The Balaban J connectivity index is 1.27. The van der Waals surface area contributed by atoms with Gasteiger partial charge in [-0.15, -0.1) is 0 Å². The van der Waals surface area contributed by atoms with E-state index in [1.807, 2.05) is 72.8 Å². The minimum atomic E-state index is -0.537. The number of hydrogen-bond donors (Lipinski definition) is 0. The summed E-state index contributed by atoms with van der Waals surface area (Å²) in [7, 11) is 0. The molecule has 0 aliphatic heterocycles. The van der Waals surface area contributed by atoms with Crippen LogP contribution >= 0.6 is 0 Å². The quantitative estimate of drug-likeness (QED) is 0.180. The van der Waals surface area contributed by atoms with Crippen LogP contribution in [0.2, 0.25) is 0 Å². The van der Waals surface area contributed by atoms with Gasteiger partial charge >= 0.3 is 0 Å². The molecule has 51 heavy (non-hydrogen) atoms. The molecule has 1 aliphatic rings. The van der Waals surface area contributed by atoms with Gasteiger partial charge in [0.25, 0.3) is 0 Å². The standard InChI is InChI=1S/C47H30N4/c48-31-36-17-10-11-24-39(36)33-18-14-19-34(29-33)45-49-44(32-15-4-1-5-16-32)50-46(51-45)35-27-28-41-40-25-12-13-26-42(40)47(43(41)30-35,37-20-6-2-7-21-37)38-22-8-3-9-23-38/h1-30H. The Morgan fingerprint density at radius 3 is 1.53 bits per heavy atom. The van der Waals surface area contributed by atoms with Crippen LogP contribution in [0.5, 0.6) is 0 Å². The summed E-state index contributed by atoms with van der Waals surface area (Å²) in [6.07, 6.45) is 0. The minimum absolute atomic E-state index is 0.537. The predicted octanol–water partition coefficient (Wildman–Crippen LogP) is 10.8. The summed E-state index contributed by atoms with van der Waals surface area (Å²) < 4.78 is 0. The maximum atomic E-state index is 9.81. The van der Waals surface area contributed by atoms with Crippen molar-refractivity contribution in [3.8, 4) is 62.5 Å². The van der Waals surface area contributed by atoms with E-state index in [4.69, 9.17) is 15.0 Å². The number of fused-ring (bicyclic) bond motifs is 3. The Hall–Kier alpha value is -6.96. The van der Waals surface area contributed by atoms with E-state index in [0.29, 0.717) is 23.0 Å². The fraction of sp³-hybridized carbons (Fsp3) is 0.0213. The van der Waals surface area contributed by atoms with Crippen LogP contribution in [0.1, 0.15) is 27.8 Å². The monoisotopic (exact) mass is 650 g/mol. The van der Waals surface area contributed by atoms with Crippen LogP contribution in [-0.2, 0) is 5.41 Å². The summed E-state index contributed by atoms with van der Waals surface area (Å²) >= 11 is 0. The first kappa shape index (κ1) is 30.1. The predicted molar refractivity (Wildman–Crippen MR) is 204 cm³/mol. The van der Waals surface area contributed by atoms with Crippen LogP contribution in [0.15, 0.2) is 182 Å². The zero-order valence-electron chi connectivity index (χ0n) is 27.6. The molecule has 0 unspecified atom stereocenters. The van der Waals surface area contributed by atoms with E-state index >= 15 is 0 Å². The van der Waals surface area contributed by atoms with Gasteiger partial charge in [0.15, 0.2) is 17.5 Å². The second-order valence-electron chi connectivity index (χ2n) is 12.7. The molecule has 0 bridgehead atoms. The molecule has 0 spiro atoms. The van der Waals surface area contributed by atoms with Crippen LogP contribution in [0, 0.1) is 11.3 Å². The van der Waals surface area contributed by atoms with E-state index in [1.54, 1.807) is 0 Å². The van der Waals surface area contributed by atoms with Crippen molar-refractivity contribution in [1.82, 2.24) is 15.0 Å². The fourth-order valence-electron chi connectivity index (χ4n) is 7.59. The SMILES string of the molecule is N#Cc1ccccc1-c1cccc(-c2nc(-c3ccccc3)nc(-c3ccc4c(c3)C(c3ccccc3)(c3ccccc3)c3ccccc3-4)n2)c1. The van der Waals surface area contributed by atoms with Gasteiger partial charge < -0.3 is 0 Å². The van der Waals surface area contributed by atoms with E-state index < -0.39 is 5.41 Å². The van der Waals surface area contributed by atoms with Gasteiger partial charge in [0.2, 0.25) is 0 Å². The Bertz CT molecular complexity index is 2550. The van der Waals surface area contributed by atoms with Crippen LogP contribution in [0.3, 0.4) is 0 Å². The van der Waals surface area contributed by atoms with Crippen LogP contribution in [-0.4, -0.2) is 15.0 Å². The van der Waals surface area contributed by atoms with E-state index in [1.165, 1.54) is 33.4 Å². The van der Waals surface area contributed by atoms with E-state index in [0.717, 1.165) is 27.8 Å². The molecule has 1 aromatic heterocycles. The van der Waals surface area contributed by atoms with E-state index in [9.17, 15) is 5.26 Å². The van der Waals surface area contributed by atoms with E-state index in [2.05, 4.69) is 115 Å². The Kier molecular flexibility index (Phi) is 7.38. The second-order valence-corrected chi connectivity index (χ2v) is 12.7. The molecule has 238 valence electrons. The molecule has 0 saturated carbocycles. The fourth-order valence-corrected chi connectivity index (χ4v) is 7.59. The molecule has 1 heterocycles. The van der Waals surface area contributed by atoms with Crippen LogP contribution in [0.4, 0.5) is 0 Å². The average molecular weight is 651 g/mol. The van der Waals surface area contributed by atoms with Crippen molar-refractivity contribution in [3.05, 3.63) is 210 Å². The molecule has 8 aromatic rings. The minimum Gasteiger partial charge on any atom is -0.208 e. The van der Waals surface area contributed by atoms with Crippen molar-refractivity contribution in [1.29, 1.82) is 5.26 Å². The highest BCUT2D eigenvalue weighted by Crippen LogP contribution is 2.56. The number of nitrogens with zero attached hydrogens (tertiary/aromatic N) is 4. The lowest BCUT2D eigenvalue weighted by atomic mass is 9.67. The zero-order chi connectivity index (χ0) is 34.2. The molecule has 9 rings (SSSR count). The van der Waals surface area contributed by atoms with Gasteiger partial charge in [0.05, 0.1) is 17.0 Å². The lowest BCUT2D eigenvalue weighted by Crippen LogP contribution is -2.28. The Morgan fingerprint density at radius 1 is 0.373 bits per heavy atom. The third kappa shape index (κ3) is 5.03. The first-order valence-electron chi connectivity index (χ1n) is 17.0. The van der Waals surface area contributed by atoms with Crippen molar-refractivity contribution in [2.45, 2.75) is 5.41 Å². The number of benzene rings is 7. The summed E-state index contributed by atoms with van der Waals surface area (Å²) in [6, 6.07) is 65.1. The molecule has 4 heteroatoms. The molecular formula is C47H30N4.